The van der Waals surface area contributed by atoms with Crippen molar-refractivity contribution in [3.8, 4) is 10.6 Å². The van der Waals surface area contributed by atoms with E-state index in [2.05, 4.69) is 15.4 Å². The van der Waals surface area contributed by atoms with E-state index in [1.165, 1.54) is 18.3 Å². The van der Waals surface area contributed by atoms with Crippen molar-refractivity contribution in [3.05, 3.63) is 46.6 Å². The summed E-state index contributed by atoms with van der Waals surface area (Å²) in [6.07, 6.45) is 0.640. The van der Waals surface area contributed by atoms with Crippen LogP contribution in [0.1, 0.15) is 35.1 Å². The van der Waals surface area contributed by atoms with E-state index >= 15 is 0 Å². The molecule has 1 aliphatic heterocycles. The molecule has 0 bridgehead atoms. The number of hydrogen-bond donors (Lipinski definition) is 3. The normalized spacial score (nSPS) is 21.3. The number of anilines is 2. The molecule has 1 aromatic carbocycles. The molecule has 3 atom stereocenters. The SMILES string of the molecule is Cn1ncc(NC(=O)c2nc(-c3cccc(F)c3Cl)sc2N)c1[C@@H]1CC[C@@H](N)[C@H](F)CO1. The zero-order valence-electron chi connectivity index (χ0n) is 17.0. The second-order valence-electron chi connectivity index (χ2n) is 7.43. The summed E-state index contributed by atoms with van der Waals surface area (Å²) < 4.78 is 35.0. The summed E-state index contributed by atoms with van der Waals surface area (Å²) in [7, 11) is 1.70. The monoisotopic (exact) mass is 482 g/mol. The largest absolute Gasteiger partial charge is 0.389 e. The highest BCUT2D eigenvalue weighted by Gasteiger charge is 2.30. The highest BCUT2D eigenvalue weighted by Crippen LogP contribution is 2.36. The fourth-order valence-electron chi connectivity index (χ4n) is 3.54. The molecule has 0 aliphatic carbocycles. The van der Waals surface area contributed by atoms with Crippen molar-refractivity contribution in [2.24, 2.45) is 12.8 Å². The van der Waals surface area contributed by atoms with Crippen LogP contribution in [0.2, 0.25) is 5.02 Å². The molecule has 4 rings (SSSR count). The Bertz CT molecular complexity index is 1140. The maximum Gasteiger partial charge on any atom is 0.277 e. The van der Waals surface area contributed by atoms with E-state index in [0.717, 1.165) is 11.3 Å². The van der Waals surface area contributed by atoms with Gasteiger partial charge in [0.2, 0.25) is 0 Å². The number of aromatic nitrogens is 3. The van der Waals surface area contributed by atoms with E-state index in [9.17, 15) is 13.6 Å². The number of hydrogen-bond acceptors (Lipinski definition) is 7. The second kappa shape index (κ2) is 9.10. The Hall–Kier alpha value is -2.60. The van der Waals surface area contributed by atoms with Gasteiger partial charge in [-0.15, -0.1) is 0 Å². The number of thiazole rings is 1. The second-order valence-corrected chi connectivity index (χ2v) is 8.84. The average Bonchev–Trinajstić information content (AvgIpc) is 3.27. The minimum Gasteiger partial charge on any atom is -0.389 e. The maximum absolute atomic E-state index is 13.9. The van der Waals surface area contributed by atoms with Crippen LogP contribution < -0.4 is 16.8 Å². The summed E-state index contributed by atoms with van der Waals surface area (Å²) in [5.74, 6) is -1.16. The minimum atomic E-state index is -1.26. The number of aryl methyl sites for hydroxylation is 1. The molecule has 12 heteroatoms. The van der Waals surface area contributed by atoms with Gasteiger partial charge in [-0.1, -0.05) is 35.1 Å². The average molecular weight is 483 g/mol. The van der Waals surface area contributed by atoms with Crippen molar-refractivity contribution >= 4 is 39.5 Å². The number of amides is 1. The standard InChI is InChI=1S/C20H21ClF2N6O2S/c1-29-17(14-6-5-12(24)11(23)8-31-14)13(7-26-29)27-19(30)16-18(25)32-20(28-16)9-3-2-4-10(22)15(9)21/h2-4,7,11-12,14H,5-6,8,24-25H2,1H3,(H,27,30)/t11-,12-,14+/m1/s1. The van der Waals surface area contributed by atoms with Crippen molar-refractivity contribution in [1.29, 1.82) is 0 Å². The summed E-state index contributed by atoms with van der Waals surface area (Å²) in [6.45, 7) is -0.138. The number of alkyl halides is 1. The third-order valence-corrected chi connectivity index (χ3v) is 6.57. The molecule has 170 valence electrons. The molecule has 0 radical (unpaired) electrons. The number of nitrogens with zero attached hydrogens (tertiary/aromatic N) is 3. The van der Waals surface area contributed by atoms with Crippen LogP contribution in [0.25, 0.3) is 10.6 Å². The first-order valence-corrected chi connectivity index (χ1v) is 11.0. The number of benzene rings is 1. The fourth-order valence-corrected chi connectivity index (χ4v) is 4.67. The van der Waals surface area contributed by atoms with Gasteiger partial charge < -0.3 is 21.5 Å². The summed E-state index contributed by atoms with van der Waals surface area (Å²) in [5.41, 5.74) is 13.1. The lowest BCUT2D eigenvalue weighted by Gasteiger charge is -2.17. The maximum atomic E-state index is 13.9. The lowest BCUT2D eigenvalue weighted by molar-refractivity contribution is 0.0247. The molecule has 1 fully saturated rings. The quantitative estimate of drug-likeness (QED) is 0.521. The predicted octanol–water partition coefficient (Wildman–Crippen LogP) is 3.69. The number of nitrogens with one attached hydrogen (secondary N) is 1. The lowest BCUT2D eigenvalue weighted by atomic mass is 10.0. The molecule has 3 aromatic rings. The van der Waals surface area contributed by atoms with Crippen LogP contribution in [0.15, 0.2) is 24.4 Å². The molecule has 0 saturated carbocycles. The molecule has 1 amide bonds. The van der Waals surface area contributed by atoms with Crippen LogP contribution in [0.4, 0.5) is 19.5 Å². The predicted molar refractivity (Wildman–Crippen MR) is 119 cm³/mol. The van der Waals surface area contributed by atoms with E-state index in [1.54, 1.807) is 17.8 Å². The van der Waals surface area contributed by atoms with Crippen molar-refractivity contribution < 1.29 is 18.3 Å². The molecular weight excluding hydrogens is 462 g/mol. The minimum absolute atomic E-state index is 0.0206. The van der Waals surface area contributed by atoms with Crippen LogP contribution in [-0.4, -0.2) is 39.5 Å². The van der Waals surface area contributed by atoms with Crippen molar-refractivity contribution in [1.82, 2.24) is 14.8 Å². The van der Waals surface area contributed by atoms with E-state index in [4.69, 9.17) is 27.8 Å². The van der Waals surface area contributed by atoms with Gasteiger partial charge in [0.1, 0.15) is 28.1 Å². The molecule has 2 aromatic heterocycles. The Balaban J connectivity index is 1.58. The summed E-state index contributed by atoms with van der Waals surface area (Å²) in [4.78, 5) is 17.2. The van der Waals surface area contributed by atoms with Gasteiger partial charge in [0.05, 0.1) is 29.2 Å². The van der Waals surface area contributed by atoms with Gasteiger partial charge >= 0.3 is 0 Å². The summed E-state index contributed by atoms with van der Waals surface area (Å²) in [5, 5.41) is 7.31. The Kier molecular flexibility index (Phi) is 6.42. The van der Waals surface area contributed by atoms with E-state index < -0.39 is 30.0 Å². The number of nitrogens with two attached hydrogens (primary N) is 2. The van der Waals surface area contributed by atoms with Crippen molar-refractivity contribution in [2.45, 2.75) is 31.2 Å². The van der Waals surface area contributed by atoms with E-state index in [1.807, 2.05) is 0 Å². The Morgan fingerprint density at radius 2 is 2.19 bits per heavy atom. The number of ether oxygens (including phenoxy) is 1. The molecule has 5 N–H and O–H groups in total. The number of rotatable bonds is 4. The highest BCUT2D eigenvalue weighted by molar-refractivity contribution is 7.19. The third-order valence-electron chi connectivity index (χ3n) is 5.27. The Morgan fingerprint density at radius 1 is 1.41 bits per heavy atom. The molecule has 0 unspecified atom stereocenters. The number of carbonyl (C=O) groups is 1. The molecule has 3 heterocycles. The number of nitrogen functional groups attached to an aromatic ring is 1. The molecule has 0 spiro atoms. The molecular formula is C20H21ClF2N6O2S. The first kappa shape index (κ1) is 22.6. The van der Waals surface area contributed by atoms with Crippen LogP contribution >= 0.6 is 22.9 Å². The zero-order chi connectivity index (χ0) is 23.0. The summed E-state index contributed by atoms with van der Waals surface area (Å²) in [6, 6.07) is 3.72. The molecule has 1 saturated heterocycles. The Labute approximate surface area is 191 Å². The molecule has 32 heavy (non-hydrogen) atoms. The van der Waals surface area contributed by atoms with Gasteiger partial charge in [-0.2, -0.15) is 5.10 Å². The van der Waals surface area contributed by atoms with E-state index in [0.29, 0.717) is 34.8 Å². The highest BCUT2D eigenvalue weighted by atomic mass is 35.5. The van der Waals surface area contributed by atoms with Gasteiger partial charge in [-0.25, -0.2) is 13.8 Å². The van der Waals surface area contributed by atoms with Crippen LogP contribution in [0.5, 0.6) is 0 Å². The smallest absolute Gasteiger partial charge is 0.277 e. The topological polar surface area (TPSA) is 121 Å². The van der Waals surface area contributed by atoms with Gasteiger partial charge in [-0.3, -0.25) is 9.48 Å². The first-order valence-electron chi connectivity index (χ1n) is 9.81. The van der Waals surface area contributed by atoms with Crippen molar-refractivity contribution in [2.75, 3.05) is 17.7 Å². The number of halogens is 3. The van der Waals surface area contributed by atoms with E-state index in [-0.39, 0.29) is 22.3 Å². The van der Waals surface area contributed by atoms with Gasteiger partial charge in [0.25, 0.3) is 5.91 Å². The van der Waals surface area contributed by atoms with Crippen LogP contribution in [-0.2, 0) is 11.8 Å². The first-order chi connectivity index (χ1) is 15.3. The van der Waals surface area contributed by atoms with Gasteiger partial charge in [-0.05, 0) is 18.9 Å². The third kappa shape index (κ3) is 4.33. The zero-order valence-corrected chi connectivity index (χ0v) is 18.6. The number of carbonyl (C=O) groups excluding carboxylic acids is 1. The van der Waals surface area contributed by atoms with Gasteiger partial charge in [0.15, 0.2) is 5.69 Å². The fraction of sp³-hybridized carbons (Fsp3) is 0.350. The molecule has 8 nitrogen and oxygen atoms in total. The van der Waals surface area contributed by atoms with Gasteiger partial charge in [0, 0.05) is 18.7 Å². The van der Waals surface area contributed by atoms with Crippen LogP contribution in [0.3, 0.4) is 0 Å². The van der Waals surface area contributed by atoms with Crippen molar-refractivity contribution in [3.63, 3.8) is 0 Å². The van der Waals surface area contributed by atoms with Crippen LogP contribution in [0, 0.1) is 5.82 Å². The lowest BCUT2D eigenvalue weighted by Crippen LogP contribution is -2.32. The molecule has 1 aliphatic rings. The Morgan fingerprint density at radius 3 is 2.97 bits per heavy atom. The summed E-state index contributed by atoms with van der Waals surface area (Å²) >= 11 is 7.06.